The molecule has 0 saturated heterocycles. The summed E-state index contributed by atoms with van der Waals surface area (Å²) in [6, 6.07) is 18.9. The molecule has 1 heterocycles. The molecule has 0 aliphatic heterocycles. The standard InChI is InChI=1S/C19H19N3O2/c1-14-12-18(21-22(14)13-15-6-4-3-5-7-15)20-19(23)16-8-10-17(24-2)11-9-16/h3-12H,13H2,1-2H3,(H,20,21,23). The molecule has 3 rings (SSSR count). The van der Waals surface area contributed by atoms with E-state index in [0.29, 0.717) is 17.9 Å². The van der Waals surface area contributed by atoms with Gasteiger partial charge in [0.25, 0.3) is 5.91 Å². The number of nitrogens with zero attached hydrogens (tertiary/aromatic N) is 2. The topological polar surface area (TPSA) is 56.1 Å². The van der Waals surface area contributed by atoms with Crippen LogP contribution in [0, 0.1) is 6.92 Å². The molecule has 5 heteroatoms. The van der Waals surface area contributed by atoms with Crippen molar-refractivity contribution in [1.29, 1.82) is 0 Å². The quantitative estimate of drug-likeness (QED) is 0.782. The fourth-order valence-corrected chi connectivity index (χ4v) is 2.42. The molecule has 0 unspecified atom stereocenters. The Balaban J connectivity index is 1.71. The molecule has 0 spiro atoms. The van der Waals surface area contributed by atoms with Gasteiger partial charge in [0.15, 0.2) is 5.82 Å². The van der Waals surface area contributed by atoms with Gasteiger partial charge in [-0.1, -0.05) is 30.3 Å². The van der Waals surface area contributed by atoms with Crippen LogP contribution < -0.4 is 10.1 Å². The van der Waals surface area contributed by atoms with Crippen LogP contribution in [-0.2, 0) is 6.54 Å². The average Bonchev–Trinajstić information content (AvgIpc) is 2.95. The smallest absolute Gasteiger partial charge is 0.256 e. The van der Waals surface area contributed by atoms with E-state index in [1.54, 1.807) is 31.4 Å². The molecule has 1 amide bonds. The van der Waals surface area contributed by atoms with E-state index < -0.39 is 0 Å². The maximum atomic E-state index is 12.3. The van der Waals surface area contributed by atoms with Gasteiger partial charge in [0, 0.05) is 17.3 Å². The normalized spacial score (nSPS) is 10.4. The summed E-state index contributed by atoms with van der Waals surface area (Å²) in [4.78, 5) is 12.3. The van der Waals surface area contributed by atoms with E-state index in [1.165, 1.54) is 0 Å². The van der Waals surface area contributed by atoms with Crippen molar-refractivity contribution in [1.82, 2.24) is 9.78 Å². The zero-order valence-corrected chi connectivity index (χ0v) is 13.7. The molecular weight excluding hydrogens is 302 g/mol. The van der Waals surface area contributed by atoms with Crippen molar-refractivity contribution < 1.29 is 9.53 Å². The fourth-order valence-electron chi connectivity index (χ4n) is 2.42. The van der Waals surface area contributed by atoms with Crippen LogP contribution in [0.4, 0.5) is 5.82 Å². The van der Waals surface area contributed by atoms with E-state index in [-0.39, 0.29) is 5.91 Å². The molecule has 0 bridgehead atoms. The predicted molar refractivity (Wildman–Crippen MR) is 93.5 cm³/mol. The Hall–Kier alpha value is -3.08. The van der Waals surface area contributed by atoms with Gasteiger partial charge in [0.1, 0.15) is 5.75 Å². The van der Waals surface area contributed by atoms with E-state index in [0.717, 1.165) is 17.0 Å². The van der Waals surface area contributed by atoms with Crippen molar-refractivity contribution in [3.05, 3.63) is 77.5 Å². The highest BCUT2D eigenvalue weighted by atomic mass is 16.5. The lowest BCUT2D eigenvalue weighted by Gasteiger charge is -2.05. The first-order chi connectivity index (χ1) is 11.7. The summed E-state index contributed by atoms with van der Waals surface area (Å²) in [6.07, 6.45) is 0. The van der Waals surface area contributed by atoms with Gasteiger partial charge >= 0.3 is 0 Å². The number of benzene rings is 2. The average molecular weight is 321 g/mol. The third-order valence-corrected chi connectivity index (χ3v) is 3.75. The third-order valence-electron chi connectivity index (χ3n) is 3.75. The van der Waals surface area contributed by atoms with E-state index >= 15 is 0 Å². The zero-order chi connectivity index (χ0) is 16.9. The van der Waals surface area contributed by atoms with Crippen LogP contribution in [0.2, 0.25) is 0 Å². The van der Waals surface area contributed by atoms with E-state index in [2.05, 4.69) is 22.5 Å². The number of amides is 1. The van der Waals surface area contributed by atoms with Gasteiger partial charge in [-0.05, 0) is 36.8 Å². The Bertz CT molecular complexity index is 824. The molecule has 0 radical (unpaired) electrons. The van der Waals surface area contributed by atoms with Gasteiger partial charge in [0.2, 0.25) is 0 Å². The molecule has 5 nitrogen and oxygen atoms in total. The minimum Gasteiger partial charge on any atom is -0.497 e. The van der Waals surface area contributed by atoms with Crippen molar-refractivity contribution in [2.45, 2.75) is 13.5 Å². The van der Waals surface area contributed by atoms with Gasteiger partial charge in [-0.2, -0.15) is 5.10 Å². The first-order valence-electron chi connectivity index (χ1n) is 7.69. The highest BCUT2D eigenvalue weighted by Crippen LogP contribution is 2.15. The summed E-state index contributed by atoms with van der Waals surface area (Å²) < 4.78 is 6.97. The summed E-state index contributed by atoms with van der Waals surface area (Å²) in [5, 5.41) is 7.30. The van der Waals surface area contributed by atoms with E-state index in [4.69, 9.17) is 4.74 Å². The largest absolute Gasteiger partial charge is 0.497 e. The molecule has 0 aliphatic carbocycles. The summed E-state index contributed by atoms with van der Waals surface area (Å²) >= 11 is 0. The Morgan fingerprint density at radius 3 is 2.50 bits per heavy atom. The second-order valence-corrected chi connectivity index (χ2v) is 5.50. The van der Waals surface area contributed by atoms with Crippen molar-refractivity contribution >= 4 is 11.7 Å². The van der Waals surface area contributed by atoms with Crippen molar-refractivity contribution in [2.75, 3.05) is 12.4 Å². The highest BCUT2D eigenvalue weighted by Gasteiger charge is 2.10. The summed E-state index contributed by atoms with van der Waals surface area (Å²) in [7, 11) is 1.59. The lowest BCUT2D eigenvalue weighted by Crippen LogP contribution is -2.12. The monoisotopic (exact) mass is 321 g/mol. The summed E-state index contributed by atoms with van der Waals surface area (Å²) in [5.74, 6) is 1.07. The van der Waals surface area contributed by atoms with Gasteiger partial charge in [0.05, 0.1) is 13.7 Å². The number of ether oxygens (including phenoxy) is 1. The van der Waals surface area contributed by atoms with Crippen LogP contribution in [0.3, 0.4) is 0 Å². The SMILES string of the molecule is COc1ccc(C(=O)Nc2cc(C)n(Cc3ccccc3)n2)cc1. The van der Waals surface area contributed by atoms with Crippen LogP contribution in [-0.4, -0.2) is 22.8 Å². The van der Waals surface area contributed by atoms with Gasteiger partial charge in [-0.3, -0.25) is 9.48 Å². The Morgan fingerprint density at radius 1 is 1.12 bits per heavy atom. The molecule has 2 aromatic carbocycles. The zero-order valence-electron chi connectivity index (χ0n) is 13.7. The second-order valence-electron chi connectivity index (χ2n) is 5.50. The van der Waals surface area contributed by atoms with Crippen LogP contribution in [0.5, 0.6) is 5.75 Å². The number of rotatable bonds is 5. The molecular formula is C19H19N3O2. The number of nitrogens with one attached hydrogen (secondary N) is 1. The molecule has 0 aliphatic rings. The number of hydrogen-bond donors (Lipinski definition) is 1. The number of methoxy groups -OCH3 is 1. The molecule has 0 fully saturated rings. The third kappa shape index (κ3) is 3.63. The first kappa shape index (κ1) is 15.8. The Labute approximate surface area is 140 Å². The number of hydrogen-bond acceptors (Lipinski definition) is 3. The molecule has 122 valence electrons. The minimum atomic E-state index is -0.193. The molecule has 0 atom stereocenters. The number of carbonyl (C=O) groups is 1. The molecule has 24 heavy (non-hydrogen) atoms. The highest BCUT2D eigenvalue weighted by molar-refractivity contribution is 6.03. The number of anilines is 1. The maximum Gasteiger partial charge on any atom is 0.256 e. The predicted octanol–water partition coefficient (Wildman–Crippen LogP) is 3.50. The second kappa shape index (κ2) is 7.00. The first-order valence-corrected chi connectivity index (χ1v) is 7.69. The Kier molecular flexibility index (Phi) is 4.61. The number of aromatic nitrogens is 2. The van der Waals surface area contributed by atoms with E-state index in [9.17, 15) is 4.79 Å². The number of aryl methyl sites for hydroxylation is 1. The van der Waals surface area contributed by atoms with Crippen LogP contribution in [0.1, 0.15) is 21.6 Å². The van der Waals surface area contributed by atoms with Gasteiger partial charge < -0.3 is 10.1 Å². The van der Waals surface area contributed by atoms with Crippen molar-refractivity contribution in [3.63, 3.8) is 0 Å². The van der Waals surface area contributed by atoms with Crippen LogP contribution >= 0.6 is 0 Å². The van der Waals surface area contributed by atoms with Crippen LogP contribution in [0.15, 0.2) is 60.7 Å². The van der Waals surface area contributed by atoms with Crippen LogP contribution in [0.25, 0.3) is 0 Å². The van der Waals surface area contributed by atoms with E-state index in [1.807, 2.05) is 35.9 Å². The molecule has 1 N–H and O–H groups in total. The van der Waals surface area contributed by atoms with Crippen molar-refractivity contribution in [3.8, 4) is 5.75 Å². The lowest BCUT2D eigenvalue weighted by atomic mass is 10.2. The molecule has 1 aromatic heterocycles. The number of carbonyl (C=O) groups excluding carboxylic acids is 1. The van der Waals surface area contributed by atoms with Gasteiger partial charge in [-0.15, -0.1) is 0 Å². The summed E-state index contributed by atoms with van der Waals surface area (Å²) in [5.41, 5.74) is 2.71. The van der Waals surface area contributed by atoms with Crippen molar-refractivity contribution in [2.24, 2.45) is 0 Å². The maximum absolute atomic E-state index is 12.3. The minimum absolute atomic E-state index is 0.193. The molecule has 0 saturated carbocycles. The molecule has 3 aromatic rings. The fraction of sp³-hybridized carbons (Fsp3) is 0.158. The lowest BCUT2D eigenvalue weighted by molar-refractivity contribution is 0.102. The van der Waals surface area contributed by atoms with Gasteiger partial charge in [-0.25, -0.2) is 0 Å². The summed E-state index contributed by atoms with van der Waals surface area (Å²) in [6.45, 7) is 2.64. The Morgan fingerprint density at radius 2 is 1.83 bits per heavy atom.